The summed E-state index contributed by atoms with van der Waals surface area (Å²) in [5.74, 6) is -2.88. The van der Waals surface area contributed by atoms with E-state index in [1.165, 1.54) is 0 Å². The van der Waals surface area contributed by atoms with E-state index in [1.54, 1.807) is 25.5 Å². The number of amides is 1. The molecule has 0 heterocycles. The van der Waals surface area contributed by atoms with Crippen LogP contribution < -0.4 is 4.74 Å². The molecule has 0 bridgehead atoms. The fraction of sp³-hybridized carbons (Fsp3) is 0.435. The second kappa shape index (κ2) is 14.8. The van der Waals surface area contributed by atoms with E-state index in [-0.39, 0.29) is 52.3 Å². The van der Waals surface area contributed by atoms with Crippen molar-refractivity contribution in [3.63, 3.8) is 0 Å². The van der Waals surface area contributed by atoms with Crippen LogP contribution in [-0.2, 0) is 62.0 Å². The molecule has 0 aliphatic carbocycles. The third kappa shape index (κ3) is 12.0. The Hall–Kier alpha value is -2.26. The second-order valence-electron chi connectivity index (χ2n) is 7.92. The zero-order chi connectivity index (χ0) is 24.3. The number of hydrogen-bond acceptors (Lipinski definition) is 6. The van der Waals surface area contributed by atoms with Crippen LogP contribution in [0.25, 0.3) is 0 Å². The van der Waals surface area contributed by atoms with Gasteiger partial charge in [-0.15, -0.1) is 0 Å². The van der Waals surface area contributed by atoms with Crippen LogP contribution in [0.15, 0.2) is 36.4 Å². The summed E-state index contributed by atoms with van der Waals surface area (Å²) in [5.41, 5.74) is 0.866. The van der Waals surface area contributed by atoms with Crippen molar-refractivity contribution in [2.24, 2.45) is 0 Å². The third-order valence-electron chi connectivity index (χ3n) is 4.65. The zero-order valence-corrected chi connectivity index (χ0v) is 22.0. The van der Waals surface area contributed by atoms with Crippen LogP contribution in [0.1, 0.15) is 39.2 Å². The van der Waals surface area contributed by atoms with E-state index in [4.69, 9.17) is 19.7 Å². The number of esters is 1. The molecule has 1 radical (unpaired) electrons. The minimum atomic E-state index is -1.26. The van der Waals surface area contributed by atoms with Crippen molar-refractivity contribution in [2.75, 3.05) is 26.3 Å². The van der Waals surface area contributed by atoms with Gasteiger partial charge in [0.05, 0.1) is 0 Å². The average molecular weight is 537 g/mol. The van der Waals surface area contributed by atoms with Gasteiger partial charge < -0.3 is 24.6 Å². The fourth-order valence-corrected chi connectivity index (χ4v) is 2.74. The fourth-order valence-electron chi connectivity index (χ4n) is 2.74. The number of carboxylic acid groups (broad SMARTS) is 2. The molecule has 10 heteroatoms. The molecule has 0 fully saturated rings. The molecule has 0 saturated carbocycles. The predicted molar refractivity (Wildman–Crippen MR) is 116 cm³/mol. The summed E-state index contributed by atoms with van der Waals surface area (Å²) in [7, 11) is 0. The molecular weight excluding hydrogens is 507 g/mol. The van der Waals surface area contributed by atoms with E-state index in [2.05, 4.69) is 6.58 Å². The molecule has 2 N–H and O–H groups in total. The van der Waals surface area contributed by atoms with Gasteiger partial charge >= 0.3 is 17.9 Å². The van der Waals surface area contributed by atoms with Gasteiger partial charge in [0.1, 0.15) is 18.8 Å². The maximum Gasteiger partial charge on any atom is 0.330 e. The molecule has 1 aromatic rings. The quantitative estimate of drug-likeness (QED) is 0.160. The van der Waals surface area contributed by atoms with E-state index < -0.39 is 42.3 Å². The first-order chi connectivity index (χ1) is 14.9. The second-order valence-corrected chi connectivity index (χ2v) is 7.92. The summed E-state index contributed by atoms with van der Waals surface area (Å²) in [6.07, 6.45) is 2.09. The summed E-state index contributed by atoms with van der Waals surface area (Å²) in [6, 6.07) is 7.31. The minimum absolute atomic E-state index is 0. The monoisotopic (exact) mass is 537 g/mol. The van der Waals surface area contributed by atoms with Gasteiger partial charge in [-0.05, 0) is 49.7 Å². The number of aliphatic carboxylic acids is 2. The van der Waals surface area contributed by atoms with Crippen LogP contribution in [0.2, 0.25) is 0 Å². The molecule has 9 nitrogen and oxygen atoms in total. The molecule has 0 atom stereocenters. The number of carbonyl (C=O) groups is 4. The number of carbonyl (C=O) groups excluding carboxylic acids is 2. The van der Waals surface area contributed by atoms with Crippen LogP contribution in [-0.4, -0.2) is 65.2 Å². The first-order valence-electron chi connectivity index (χ1n) is 10.0. The summed E-state index contributed by atoms with van der Waals surface area (Å²) in [4.78, 5) is 46.2. The van der Waals surface area contributed by atoms with E-state index >= 15 is 0 Å². The largest absolute Gasteiger partial charge is 0.525 e. The Morgan fingerprint density at radius 2 is 1.58 bits per heavy atom. The number of ether oxygens (including phenoxy) is 2. The molecule has 0 aliphatic heterocycles. The van der Waals surface area contributed by atoms with Crippen molar-refractivity contribution >= 4 is 23.8 Å². The van der Waals surface area contributed by atoms with Crippen LogP contribution in [0, 0.1) is 6.42 Å². The molecule has 0 saturated heterocycles. The predicted octanol–water partition coefficient (Wildman–Crippen LogP) is 2.44. The van der Waals surface area contributed by atoms with E-state index in [0.29, 0.717) is 17.7 Å². The molecule has 0 aliphatic rings. The zero-order valence-electron chi connectivity index (χ0n) is 19.2. The standard InChI is InChI=1S/C23H30NO8.Y/c1-16(2)22(30)32-13-5-12-31-18-8-6-17(7-9-18)23(3,4)11-10-19(25)24(14-20(26)27)15-21(28)29;/h5-9H,1,10-15H2,2-4H3,(H,26,27)(H,28,29);/q-1;. The van der Waals surface area contributed by atoms with Crippen LogP contribution in [0.4, 0.5) is 0 Å². The van der Waals surface area contributed by atoms with Gasteiger partial charge in [-0.2, -0.15) is 0 Å². The minimum Gasteiger partial charge on any atom is -0.525 e. The van der Waals surface area contributed by atoms with Crippen LogP contribution >= 0.6 is 0 Å². The molecular formula is C23H30NO8Y-. The maximum absolute atomic E-state index is 12.3. The van der Waals surface area contributed by atoms with Crippen LogP contribution in [0.5, 0.6) is 5.75 Å². The van der Waals surface area contributed by atoms with Gasteiger partial charge in [0.25, 0.3) is 0 Å². The molecule has 1 rings (SSSR count). The van der Waals surface area contributed by atoms with E-state index in [1.807, 2.05) is 26.0 Å². The Kier molecular flexibility index (Phi) is 13.8. The molecule has 33 heavy (non-hydrogen) atoms. The Labute approximate surface area is 219 Å². The van der Waals surface area contributed by atoms with Crippen molar-refractivity contribution in [3.8, 4) is 5.75 Å². The number of rotatable bonds is 14. The molecule has 179 valence electrons. The summed E-state index contributed by atoms with van der Waals surface area (Å²) < 4.78 is 10.5. The summed E-state index contributed by atoms with van der Waals surface area (Å²) in [5, 5.41) is 17.8. The van der Waals surface area contributed by atoms with Crippen molar-refractivity contribution in [1.82, 2.24) is 4.90 Å². The Morgan fingerprint density at radius 1 is 1.03 bits per heavy atom. The summed E-state index contributed by atoms with van der Waals surface area (Å²) >= 11 is 0. The number of hydrogen-bond donors (Lipinski definition) is 2. The van der Waals surface area contributed by atoms with Crippen LogP contribution in [0.3, 0.4) is 0 Å². The topological polar surface area (TPSA) is 130 Å². The maximum atomic E-state index is 12.3. The molecule has 1 amide bonds. The molecule has 1 aromatic carbocycles. The first kappa shape index (κ1) is 30.7. The normalized spacial score (nSPS) is 10.5. The third-order valence-corrected chi connectivity index (χ3v) is 4.65. The van der Waals surface area contributed by atoms with Crippen molar-refractivity contribution < 1.29 is 71.6 Å². The van der Waals surface area contributed by atoms with Gasteiger partial charge in [-0.3, -0.25) is 20.8 Å². The first-order valence-corrected chi connectivity index (χ1v) is 10.0. The van der Waals surface area contributed by atoms with E-state index in [9.17, 15) is 19.2 Å². The average Bonchev–Trinajstić information content (AvgIpc) is 2.70. The van der Waals surface area contributed by atoms with Gasteiger partial charge in [-0.1, -0.05) is 32.6 Å². The van der Waals surface area contributed by atoms with Gasteiger partial charge in [0, 0.05) is 44.7 Å². The number of carboxylic acids is 2. The van der Waals surface area contributed by atoms with Gasteiger partial charge in [-0.25, -0.2) is 4.79 Å². The number of nitrogens with zero attached hydrogens (tertiary/aromatic N) is 1. The van der Waals surface area contributed by atoms with Crippen molar-refractivity contribution in [1.29, 1.82) is 0 Å². The van der Waals surface area contributed by atoms with Gasteiger partial charge in [0.15, 0.2) is 0 Å². The molecule has 0 spiro atoms. The summed E-state index contributed by atoms with van der Waals surface area (Å²) in [6.45, 7) is 8.02. The smallest absolute Gasteiger partial charge is 0.330 e. The van der Waals surface area contributed by atoms with Gasteiger partial charge in [0.2, 0.25) is 5.91 Å². The molecule has 0 aromatic heterocycles. The Balaban J connectivity index is 0.0000102. The Bertz CT molecular complexity index is 819. The Morgan fingerprint density at radius 3 is 2.06 bits per heavy atom. The SMILES string of the molecule is C=C(C)C(=O)OC[CH-]COc1ccc(C(C)(C)CCC(=O)N(CC(=O)O)CC(=O)O)cc1.[Y]. The number of benzene rings is 1. The van der Waals surface area contributed by atoms with Crippen molar-refractivity contribution in [2.45, 2.75) is 39.0 Å². The van der Waals surface area contributed by atoms with Crippen molar-refractivity contribution in [3.05, 3.63) is 48.4 Å². The molecule has 0 unspecified atom stereocenters. The van der Waals surface area contributed by atoms with E-state index in [0.717, 1.165) is 10.5 Å².